The molecular formula is C22H36N3S+. The zero-order valence-electron chi connectivity index (χ0n) is 17.0. The van der Waals surface area contributed by atoms with Crippen LogP contribution in [0.2, 0.25) is 0 Å². The number of benzene rings is 1. The number of thiocarbonyl (C=S) groups is 1. The number of nitrogens with zero attached hydrogens (tertiary/aromatic N) is 1. The Morgan fingerprint density at radius 2 is 1.81 bits per heavy atom. The SMILES string of the molecule is Cc1cccc(NC(=S)N2CCC([NH+](C)C3CCCCC3C)CC2)c1C. The molecule has 144 valence electrons. The fourth-order valence-corrected chi connectivity index (χ4v) is 5.21. The second-order valence-electron chi connectivity index (χ2n) is 8.55. The van der Waals surface area contributed by atoms with Gasteiger partial charge in [-0.3, -0.25) is 0 Å². The fourth-order valence-electron chi connectivity index (χ4n) is 4.91. The van der Waals surface area contributed by atoms with E-state index in [1.165, 1.54) is 49.7 Å². The summed E-state index contributed by atoms with van der Waals surface area (Å²) in [4.78, 5) is 4.15. The second-order valence-corrected chi connectivity index (χ2v) is 8.94. The number of rotatable bonds is 3. The van der Waals surface area contributed by atoms with E-state index in [1.807, 2.05) is 0 Å². The highest BCUT2D eigenvalue weighted by molar-refractivity contribution is 7.80. The van der Waals surface area contributed by atoms with Crippen molar-refractivity contribution in [1.29, 1.82) is 0 Å². The molecule has 3 atom stereocenters. The van der Waals surface area contributed by atoms with Crippen LogP contribution in [0, 0.1) is 19.8 Å². The average Bonchev–Trinajstić information content (AvgIpc) is 2.65. The van der Waals surface area contributed by atoms with Crippen LogP contribution in [0.3, 0.4) is 0 Å². The molecule has 26 heavy (non-hydrogen) atoms. The van der Waals surface area contributed by atoms with Crippen molar-refractivity contribution in [3.63, 3.8) is 0 Å². The Bertz CT molecular complexity index is 622. The Morgan fingerprint density at radius 3 is 2.50 bits per heavy atom. The van der Waals surface area contributed by atoms with E-state index < -0.39 is 0 Å². The number of likely N-dealkylation sites (tertiary alicyclic amines) is 1. The lowest BCUT2D eigenvalue weighted by molar-refractivity contribution is -0.937. The first-order chi connectivity index (χ1) is 12.5. The maximum Gasteiger partial charge on any atom is 0.173 e. The standard InChI is InChI=1S/C22H35N3S/c1-16-9-7-10-20(18(16)3)23-22(26)25-14-12-19(13-15-25)24(4)21-11-6-5-8-17(21)2/h7,9-10,17,19,21H,5-6,8,11-15H2,1-4H3,(H,23,26)/p+1. The Labute approximate surface area is 165 Å². The van der Waals surface area contributed by atoms with Gasteiger partial charge in [0.25, 0.3) is 0 Å². The Kier molecular flexibility index (Phi) is 6.57. The summed E-state index contributed by atoms with van der Waals surface area (Å²) in [6, 6.07) is 8.04. The summed E-state index contributed by atoms with van der Waals surface area (Å²) >= 11 is 5.72. The third kappa shape index (κ3) is 4.40. The Hall–Kier alpha value is -1.13. The summed E-state index contributed by atoms with van der Waals surface area (Å²) in [6.07, 6.45) is 8.20. The normalized spacial score (nSPS) is 25.8. The van der Waals surface area contributed by atoms with E-state index in [-0.39, 0.29) is 0 Å². The molecule has 1 saturated carbocycles. The molecule has 0 radical (unpaired) electrons. The van der Waals surface area contributed by atoms with Gasteiger partial charge in [-0.25, -0.2) is 0 Å². The zero-order chi connectivity index (χ0) is 18.7. The minimum Gasteiger partial charge on any atom is -0.349 e. The van der Waals surface area contributed by atoms with E-state index in [0.29, 0.717) is 0 Å². The highest BCUT2D eigenvalue weighted by atomic mass is 32.1. The lowest BCUT2D eigenvalue weighted by Gasteiger charge is -2.41. The first-order valence-electron chi connectivity index (χ1n) is 10.4. The molecule has 1 aliphatic heterocycles. The number of aryl methyl sites for hydroxylation is 1. The second kappa shape index (κ2) is 8.71. The molecule has 1 aromatic carbocycles. The van der Waals surface area contributed by atoms with Crippen molar-refractivity contribution >= 4 is 23.0 Å². The largest absolute Gasteiger partial charge is 0.349 e. The molecule has 2 fully saturated rings. The summed E-state index contributed by atoms with van der Waals surface area (Å²) in [5, 5.41) is 4.38. The number of piperidine rings is 1. The van der Waals surface area contributed by atoms with Crippen molar-refractivity contribution in [2.45, 2.75) is 71.4 Å². The van der Waals surface area contributed by atoms with Crippen LogP contribution in [0.25, 0.3) is 0 Å². The van der Waals surface area contributed by atoms with E-state index in [1.54, 1.807) is 4.90 Å². The summed E-state index contributed by atoms with van der Waals surface area (Å²) in [6.45, 7) is 8.95. The maximum absolute atomic E-state index is 5.72. The highest BCUT2D eigenvalue weighted by Gasteiger charge is 2.34. The van der Waals surface area contributed by atoms with Gasteiger partial charge in [-0.2, -0.15) is 0 Å². The van der Waals surface area contributed by atoms with Gasteiger partial charge in [0.05, 0.1) is 19.1 Å². The van der Waals surface area contributed by atoms with Crippen molar-refractivity contribution in [1.82, 2.24) is 4.90 Å². The van der Waals surface area contributed by atoms with Crippen molar-refractivity contribution in [2.75, 3.05) is 25.5 Å². The lowest BCUT2D eigenvalue weighted by atomic mass is 9.84. The molecule has 0 amide bonds. The quantitative estimate of drug-likeness (QED) is 0.790. The number of anilines is 1. The van der Waals surface area contributed by atoms with Crippen molar-refractivity contribution in [3.05, 3.63) is 29.3 Å². The molecule has 0 aromatic heterocycles. The van der Waals surface area contributed by atoms with Gasteiger partial charge in [-0.15, -0.1) is 0 Å². The smallest absolute Gasteiger partial charge is 0.173 e. The molecule has 2 N–H and O–H groups in total. The molecule has 1 aliphatic carbocycles. The topological polar surface area (TPSA) is 19.7 Å². The molecule has 2 aliphatic rings. The van der Waals surface area contributed by atoms with Crippen LogP contribution in [0.5, 0.6) is 0 Å². The van der Waals surface area contributed by atoms with Crippen molar-refractivity contribution < 1.29 is 4.90 Å². The third-order valence-electron chi connectivity index (χ3n) is 6.97. The van der Waals surface area contributed by atoms with Gasteiger partial charge in [-0.05, 0) is 62.5 Å². The molecule has 1 saturated heterocycles. The summed E-state index contributed by atoms with van der Waals surface area (Å²) in [7, 11) is 2.44. The van der Waals surface area contributed by atoms with E-state index in [9.17, 15) is 0 Å². The number of hydrogen-bond acceptors (Lipinski definition) is 1. The summed E-state index contributed by atoms with van der Waals surface area (Å²) in [5.41, 5.74) is 3.75. The molecule has 1 heterocycles. The van der Waals surface area contributed by atoms with Crippen LogP contribution < -0.4 is 10.2 Å². The van der Waals surface area contributed by atoms with Gasteiger partial charge in [0, 0.05) is 37.5 Å². The molecule has 0 bridgehead atoms. The maximum atomic E-state index is 5.72. The predicted molar refractivity (Wildman–Crippen MR) is 115 cm³/mol. The van der Waals surface area contributed by atoms with Gasteiger partial charge in [0.2, 0.25) is 0 Å². The van der Waals surface area contributed by atoms with E-state index in [4.69, 9.17) is 12.2 Å². The van der Waals surface area contributed by atoms with Crippen molar-refractivity contribution in [2.24, 2.45) is 5.92 Å². The molecule has 0 spiro atoms. The molecule has 3 nitrogen and oxygen atoms in total. The summed E-state index contributed by atoms with van der Waals surface area (Å²) in [5.74, 6) is 0.883. The minimum atomic E-state index is 0.792. The average molecular weight is 375 g/mol. The van der Waals surface area contributed by atoms with Gasteiger partial charge in [0.15, 0.2) is 5.11 Å². The van der Waals surface area contributed by atoms with Crippen LogP contribution in [0.1, 0.15) is 56.6 Å². The Balaban J connectivity index is 1.53. The van der Waals surface area contributed by atoms with Crippen molar-refractivity contribution in [3.8, 4) is 0 Å². The van der Waals surface area contributed by atoms with Gasteiger partial charge in [-0.1, -0.05) is 25.5 Å². The van der Waals surface area contributed by atoms with Gasteiger partial charge in [0.1, 0.15) is 0 Å². The third-order valence-corrected chi connectivity index (χ3v) is 7.33. The highest BCUT2D eigenvalue weighted by Crippen LogP contribution is 2.23. The molecule has 1 aromatic rings. The van der Waals surface area contributed by atoms with Crippen LogP contribution >= 0.6 is 12.2 Å². The monoisotopic (exact) mass is 374 g/mol. The number of hydrogen-bond donors (Lipinski definition) is 2. The first-order valence-corrected chi connectivity index (χ1v) is 10.8. The van der Waals surface area contributed by atoms with Gasteiger partial charge < -0.3 is 15.1 Å². The predicted octanol–water partition coefficient (Wildman–Crippen LogP) is 3.56. The molecular weight excluding hydrogens is 338 g/mol. The summed E-state index contributed by atoms with van der Waals surface area (Å²) < 4.78 is 0. The Morgan fingerprint density at radius 1 is 1.12 bits per heavy atom. The van der Waals surface area contributed by atoms with Crippen LogP contribution in [-0.4, -0.2) is 42.2 Å². The van der Waals surface area contributed by atoms with E-state index >= 15 is 0 Å². The van der Waals surface area contributed by atoms with E-state index in [2.05, 4.69) is 56.2 Å². The van der Waals surface area contributed by atoms with Crippen LogP contribution in [-0.2, 0) is 0 Å². The first kappa shape index (κ1) is 19.6. The molecule has 4 heteroatoms. The van der Waals surface area contributed by atoms with Crippen LogP contribution in [0.15, 0.2) is 18.2 Å². The molecule has 3 unspecified atom stereocenters. The zero-order valence-corrected chi connectivity index (χ0v) is 17.8. The van der Waals surface area contributed by atoms with Gasteiger partial charge >= 0.3 is 0 Å². The fraction of sp³-hybridized carbons (Fsp3) is 0.682. The number of nitrogens with one attached hydrogen (secondary N) is 2. The number of quaternary nitrogens is 1. The lowest BCUT2D eigenvalue weighted by Crippen LogP contribution is -3.17. The molecule has 3 rings (SSSR count). The van der Waals surface area contributed by atoms with Crippen LogP contribution in [0.4, 0.5) is 5.69 Å². The minimum absolute atomic E-state index is 0.792. The van der Waals surface area contributed by atoms with E-state index in [0.717, 1.165) is 41.9 Å².